The number of ether oxygens (including phenoxy) is 1. The Hall–Kier alpha value is -4.68. The average Bonchev–Trinajstić information content (AvgIpc) is 3.05. The maximum atomic E-state index is 14.2. The summed E-state index contributed by atoms with van der Waals surface area (Å²) in [5, 5.41) is 49.8. The number of aliphatic hydroxyl groups excluding tert-OH is 2. The third kappa shape index (κ3) is 5.66. The summed E-state index contributed by atoms with van der Waals surface area (Å²) in [4.78, 5) is 41.3. The Kier molecular flexibility index (Phi) is 9.06. The van der Waals surface area contributed by atoms with Crippen LogP contribution in [0.15, 0.2) is 71.5 Å². The van der Waals surface area contributed by atoms with Crippen molar-refractivity contribution in [2.45, 2.75) is 37.5 Å². The maximum Gasteiger partial charge on any atom is 0.255 e. The number of hydrogen-bond donors (Lipinski definition) is 6. The molecule has 49 heavy (non-hydrogen) atoms. The van der Waals surface area contributed by atoms with Gasteiger partial charge in [0.15, 0.2) is 11.4 Å². The molecule has 0 radical (unpaired) electrons. The first kappa shape index (κ1) is 34.2. The second-order valence-electron chi connectivity index (χ2n) is 13.0. The van der Waals surface area contributed by atoms with E-state index in [-0.39, 0.29) is 29.7 Å². The van der Waals surface area contributed by atoms with Crippen molar-refractivity contribution in [3.8, 4) is 22.6 Å². The normalized spacial score (nSPS) is 23.3. The number of phenols is 1. The predicted octanol–water partition coefficient (Wildman–Crippen LogP) is 3.63. The molecule has 1 amide bonds. The van der Waals surface area contributed by atoms with E-state index >= 15 is 0 Å². The number of halogens is 1. The Bertz CT molecular complexity index is 1940. The van der Waals surface area contributed by atoms with Gasteiger partial charge in [-0.2, -0.15) is 0 Å². The van der Waals surface area contributed by atoms with Crippen molar-refractivity contribution in [2.75, 3.05) is 27.7 Å². The number of rotatable bonds is 9. The summed E-state index contributed by atoms with van der Waals surface area (Å²) < 4.78 is 5.73. The molecule has 0 spiro atoms. The van der Waals surface area contributed by atoms with Crippen LogP contribution < -0.4 is 15.8 Å². The summed E-state index contributed by atoms with van der Waals surface area (Å²) in [6.07, 6.45) is 0.966. The van der Waals surface area contributed by atoms with E-state index < -0.39 is 58.0 Å². The van der Waals surface area contributed by atoms with Gasteiger partial charge < -0.3 is 36.2 Å². The fourth-order valence-electron chi connectivity index (χ4n) is 7.69. The van der Waals surface area contributed by atoms with Crippen LogP contribution in [0, 0.1) is 11.8 Å². The van der Waals surface area contributed by atoms with Gasteiger partial charge in [-0.1, -0.05) is 35.9 Å². The Morgan fingerprint density at radius 3 is 2.39 bits per heavy atom. The summed E-state index contributed by atoms with van der Waals surface area (Å²) in [5.41, 5.74) is 5.72. The molecule has 256 valence electrons. The molecule has 0 aromatic heterocycles. The van der Waals surface area contributed by atoms with Gasteiger partial charge in [0.05, 0.1) is 18.7 Å². The molecule has 7 N–H and O–H groups in total. The molecule has 4 atom stereocenters. The molecule has 3 aliphatic carbocycles. The number of likely N-dealkylation sites (N-methyl/N-ethyl adjacent to an activating group) is 1. The van der Waals surface area contributed by atoms with Gasteiger partial charge in [0, 0.05) is 28.6 Å². The average molecular weight is 688 g/mol. The van der Waals surface area contributed by atoms with Crippen LogP contribution in [0.25, 0.3) is 16.9 Å². The van der Waals surface area contributed by atoms with E-state index in [1.807, 2.05) is 42.5 Å². The number of carbonyl (C=O) groups excluding carboxylic acids is 3. The van der Waals surface area contributed by atoms with Crippen molar-refractivity contribution in [1.29, 1.82) is 0 Å². The van der Waals surface area contributed by atoms with E-state index in [9.17, 15) is 34.8 Å². The molecule has 1 fully saturated rings. The van der Waals surface area contributed by atoms with Crippen molar-refractivity contribution in [3.63, 3.8) is 0 Å². The minimum absolute atomic E-state index is 0.00439. The zero-order chi connectivity index (χ0) is 35.4. The van der Waals surface area contributed by atoms with E-state index in [1.165, 1.54) is 11.0 Å². The molecular formula is C37H38ClN3O8. The number of ketones is 2. The third-order valence-electron chi connectivity index (χ3n) is 9.99. The smallest absolute Gasteiger partial charge is 0.255 e. The van der Waals surface area contributed by atoms with Crippen LogP contribution in [-0.4, -0.2) is 82.2 Å². The topological polar surface area (TPSA) is 183 Å². The van der Waals surface area contributed by atoms with Crippen LogP contribution in [0.5, 0.6) is 11.5 Å². The number of aliphatic hydroxyl groups is 3. The molecule has 12 heteroatoms. The van der Waals surface area contributed by atoms with E-state index in [4.69, 9.17) is 22.1 Å². The molecule has 11 nitrogen and oxygen atoms in total. The number of Topliss-reactive ketones (excluding diaryl/α,β-unsaturated/α-hetero) is 2. The van der Waals surface area contributed by atoms with Gasteiger partial charge in [-0.05, 0) is 98.4 Å². The first-order valence-corrected chi connectivity index (χ1v) is 16.3. The minimum Gasteiger partial charge on any atom is -0.508 e. The SMILES string of the molecule is COc1ccc(CNCCc2ccc(Cl)cc2)cc1-c1ccc(O)c2c1C[C@@H]1C[C@@H]3[C@@H](N(C)C)C(=O)C(C(N)=O)=C(O)[C@]3(O)C(=O)C1=C2O. The van der Waals surface area contributed by atoms with Gasteiger partial charge in [0.1, 0.15) is 28.6 Å². The number of nitrogens with zero attached hydrogens (tertiary/aromatic N) is 1. The van der Waals surface area contributed by atoms with Crippen LogP contribution in [-0.2, 0) is 33.8 Å². The number of benzene rings is 3. The van der Waals surface area contributed by atoms with E-state index in [0.29, 0.717) is 34.0 Å². The monoisotopic (exact) mass is 687 g/mol. The summed E-state index contributed by atoms with van der Waals surface area (Å²) in [6, 6.07) is 15.4. The highest BCUT2D eigenvalue weighted by Crippen LogP contribution is 2.54. The molecule has 3 aromatic carbocycles. The quantitative estimate of drug-likeness (QED) is 0.144. The van der Waals surface area contributed by atoms with Gasteiger partial charge in [0.2, 0.25) is 5.78 Å². The lowest BCUT2D eigenvalue weighted by molar-refractivity contribution is -0.153. The van der Waals surface area contributed by atoms with Crippen LogP contribution in [0.3, 0.4) is 0 Å². The van der Waals surface area contributed by atoms with Gasteiger partial charge in [-0.25, -0.2) is 0 Å². The number of phenolic OH excluding ortho intramolecular Hbond substituents is 1. The Morgan fingerprint density at radius 1 is 1.04 bits per heavy atom. The van der Waals surface area contributed by atoms with Crippen LogP contribution >= 0.6 is 11.6 Å². The molecule has 0 heterocycles. The molecule has 0 saturated heterocycles. The Morgan fingerprint density at radius 2 is 1.73 bits per heavy atom. The van der Waals surface area contributed by atoms with Crippen molar-refractivity contribution >= 4 is 34.8 Å². The molecule has 0 aliphatic heterocycles. The molecule has 6 rings (SSSR count). The maximum absolute atomic E-state index is 14.2. The number of nitrogens with one attached hydrogen (secondary N) is 1. The summed E-state index contributed by atoms with van der Waals surface area (Å²) in [7, 11) is 4.68. The summed E-state index contributed by atoms with van der Waals surface area (Å²) >= 11 is 6.00. The molecule has 1 saturated carbocycles. The van der Waals surface area contributed by atoms with Gasteiger partial charge >= 0.3 is 0 Å². The standard InChI is InChI=1S/C37H38ClN3O8/c1-41(2)31-25-16-20-15-24-22(23-14-19(6-11-27(23)49-3)17-40-13-12-18-4-7-21(38)8-5-18)9-10-26(42)29(24)32(43)28(20)34(45)37(25,48)35(46)30(33(31)44)36(39)47/h4-11,14,20,25,31,40,42-43,46,48H,12-13,15-17H2,1-3H3,(H2,39,47)/t20-,25-,31-,37-/m1/s1. The van der Waals surface area contributed by atoms with Crippen LogP contribution in [0.4, 0.5) is 0 Å². The first-order valence-electron chi connectivity index (χ1n) is 15.9. The zero-order valence-corrected chi connectivity index (χ0v) is 28.0. The zero-order valence-electron chi connectivity index (χ0n) is 27.3. The fourth-order valence-corrected chi connectivity index (χ4v) is 7.81. The molecule has 0 bridgehead atoms. The highest BCUT2D eigenvalue weighted by Gasteiger charge is 2.64. The number of amides is 1. The number of methoxy groups -OCH3 is 1. The number of fused-ring (bicyclic) bond motifs is 3. The van der Waals surface area contributed by atoms with E-state index in [0.717, 1.165) is 24.1 Å². The molecule has 0 unspecified atom stereocenters. The van der Waals surface area contributed by atoms with Gasteiger partial charge in [-0.3, -0.25) is 19.3 Å². The lowest BCUT2D eigenvalue weighted by Crippen LogP contribution is -2.65. The third-order valence-corrected chi connectivity index (χ3v) is 10.2. The number of primary amides is 1. The lowest BCUT2D eigenvalue weighted by atomic mass is 9.57. The molecule has 3 aliphatic rings. The van der Waals surface area contributed by atoms with E-state index in [2.05, 4.69) is 5.32 Å². The number of hydrogen-bond acceptors (Lipinski definition) is 10. The van der Waals surface area contributed by atoms with Gasteiger partial charge in [0.25, 0.3) is 5.91 Å². The lowest BCUT2D eigenvalue weighted by Gasteiger charge is -2.50. The van der Waals surface area contributed by atoms with E-state index in [1.54, 1.807) is 27.3 Å². The van der Waals surface area contributed by atoms with Crippen molar-refractivity contribution in [3.05, 3.63) is 98.8 Å². The first-order chi connectivity index (χ1) is 23.3. The second-order valence-corrected chi connectivity index (χ2v) is 13.5. The number of nitrogens with two attached hydrogens (primary N) is 1. The van der Waals surface area contributed by atoms with Crippen LogP contribution in [0.1, 0.15) is 28.7 Å². The largest absolute Gasteiger partial charge is 0.508 e. The van der Waals surface area contributed by atoms with Crippen LogP contribution in [0.2, 0.25) is 5.02 Å². The second kappa shape index (κ2) is 13.0. The van der Waals surface area contributed by atoms with Gasteiger partial charge in [-0.15, -0.1) is 0 Å². The van der Waals surface area contributed by atoms with Crippen molar-refractivity contribution < 1.29 is 39.5 Å². The summed E-state index contributed by atoms with van der Waals surface area (Å²) in [6.45, 7) is 1.28. The number of carbonyl (C=O) groups is 3. The van der Waals surface area contributed by atoms with Crippen molar-refractivity contribution in [2.24, 2.45) is 17.6 Å². The molecule has 3 aromatic rings. The minimum atomic E-state index is -2.70. The fraction of sp³-hybridized carbons (Fsp3) is 0.324. The highest BCUT2D eigenvalue weighted by molar-refractivity contribution is 6.30. The Labute approximate surface area is 288 Å². The molecular weight excluding hydrogens is 650 g/mol. The predicted molar refractivity (Wildman–Crippen MR) is 183 cm³/mol. The summed E-state index contributed by atoms with van der Waals surface area (Å²) in [5.74, 6) is -6.39. The van der Waals surface area contributed by atoms with Crippen molar-refractivity contribution in [1.82, 2.24) is 10.2 Å². The highest BCUT2D eigenvalue weighted by atomic mass is 35.5. The Balaban J connectivity index is 1.39. The number of aromatic hydroxyl groups is 1.